The smallest absolute Gasteiger partial charge is 0.129 e. The van der Waals surface area contributed by atoms with Crippen LogP contribution in [-0.4, -0.2) is 5.78 Å². The van der Waals surface area contributed by atoms with Gasteiger partial charge in [-0.2, -0.15) is 0 Å². The Bertz CT molecular complexity index is 445. The summed E-state index contributed by atoms with van der Waals surface area (Å²) in [6.07, 6.45) is 15.5. The molecule has 152 valence electrons. The number of Topliss-reactive ketones (excluding diaryl/α,β-unsaturated/α-hetero) is 1. The van der Waals surface area contributed by atoms with Crippen molar-refractivity contribution in [1.82, 2.24) is 0 Å². The average Bonchev–Trinajstić information content (AvgIpc) is 2.58. The number of rotatable bonds is 5. The van der Waals surface area contributed by atoms with Crippen LogP contribution in [0.15, 0.2) is 11.6 Å². The number of ketones is 1. The molecule has 5 unspecified atom stereocenters. The van der Waals surface area contributed by atoms with Crippen molar-refractivity contribution < 1.29 is 4.79 Å². The zero-order valence-corrected chi connectivity index (χ0v) is 18.9. The van der Waals surface area contributed by atoms with Crippen LogP contribution in [0, 0.1) is 29.1 Å². The monoisotopic (exact) mass is 362 g/mol. The summed E-state index contributed by atoms with van der Waals surface area (Å²) in [6, 6.07) is 0. The predicted octanol–water partition coefficient (Wildman–Crippen LogP) is 7.99. The van der Waals surface area contributed by atoms with Gasteiger partial charge < -0.3 is 4.79 Å². The van der Waals surface area contributed by atoms with Gasteiger partial charge in [-0.3, -0.25) is 0 Å². The number of hydrogen-bond donors (Lipinski definition) is 0. The van der Waals surface area contributed by atoms with Crippen molar-refractivity contribution in [3.05, 3.63) is 11.6 Å². The SMILES string of the molecule is CC.CC(=O)CCC1CCC2CCCC(C)CCC2C1(C)CC=C(C)C. The molecule has 0 saturated heterocycles. The van der Waals surface area contributed by atoms with Crippen LogP contribution in [0.1, 0.15) is 113 Å². The van der Waals surface area contributed by atoms with Crippen molar-refractivity contribution in [2.24, 2.45) is 29.1 Å². The van der Waals surface area contributed by atoms with E-state index in [-0.39, 0.29) is 0 Å². The lowest BCUT2D eigenvalue weighted by atomic mass is 9.52. The molecular formula is C25H46O. The van der Waals surface area contributed by atoms with Crippen molar-refractivity contribution >= 4 is 5.78 Å². The highest BCUT2D eigenvalue weighted by molar-refractivity contribution is 5.75. The standard InChI is InChI=1S/C23H40O.C2H6/c1-17(2)15-16-23(5)21(12-10-19(4)24)13-11-20-8-6-7-18(3)9-14-22(20)23;1-2/h15,18,20-22H,6-14,16H2,1-5H3;1-2H3. The van der Waals surface area contributed by atoms with E-state index in [9.17, 15) is 4.79 Å². The molecular weight excluding hydrogens is 316 g/mol. The Hall–Kier alpha value is -0.590. The summed E-state index contributed by atoms with van der Waals surface area (Å²) in [5, 5.41) is 0. The highest BCUT2D eigenvalue weighted by atomic mass is 16.1. The van der Waals surface area contributed by atoms with Gasteiger partial charge in [0.2, 0.25) is 0 Å². The van der Waals surface area contributed by atoms with Crippen LogP contribution >= 0.6 is 0 Å². The van der Waals surface area contributed by atoms with Crippen LogP contribution in [-0.2, 0) is 4.79 Å². The highest BCUT2D eigenvalue weighted by Crippen LogP contribution is 2.56. The van der Waals surface area contributed by atoms with Crippen molar-refractivity contribution in [1.29, 1.82) is 0 Å². The third-order valence-electron chi connectivity index (χ3n) is 7.27. The van der Waals surface area contributed by atoms with E-state index in [0.717, 1.165) is 36.5 Å². The lowest BCUT2D eigenvalue weighted by molar-refractivity contribution is -0.118. The molecule has 0 radical (unpaired) electrons. The maximum atomic E-state index is 11.6. The second-order valence-electron chi connectivity index (χ2n) is 9.49. The van der Waals surface area contributed by atoms with E-state index in [1.54, 1.807) is 6.92 Å². The summed E-state index contributed by atoms with van der Waals surface area (Å²) in [5.74, 6) is 3.79. The molecule has 0 aliphatic heterocycles. The molecule has 1 nitrogen and oxygen atoms in total. The van der Waals surface area contributed by atoms with E-state index in [0.29, 0.717) is 11.2 Å². The molecule has 0 amide bonds. The third-order valence-corrected chi connectivity index (χ3v) is 7.27. The number of fused-ring (bicyclic) bond motifs is 1. The molecule has 0 aromatic carbocycles. The Labute approximate surface area is 164 Å². The van der Waals surface area contributed by atoms with Crippen LogP contribution in [0.4, 0.5) is 0 Å². The van der Waals surface area contributed by atoms with Crippen molar-refractivity contribution in [2.75, 3.05) is 0 Å². The highest BCUT2D eigenvalue weighted by Gasteiger charge is 2.47. The van der Waals surface area contributed by atoms with E-state index in [4.69, 9.17) is 0 Å². The summed E-state index contributed by atoms with van der Waals surface area (Å²) in [5.41, 5.74) is 1.84. The summed E-state index contributed by atoms with van der Waals surface area (Å²) in [6.45, 7) is 15.2. The van der Waals surface area contributed by atoms with Crippen LogP contribution in [0.25, 0.3) is 0 Å². The van der Waals surface area contributed by atoms with Gasteiger partial charge in [-0.1, -0.05) is 65.0 Å². The topological polar surface area (TPSA) is 17.1 Å². The summed E-state index contributed by atoms with van der Waals surface area (Å²) in [7, 11) is 0. The lowest BCUT2D eigenvalue weighted by Gasteiger charge is -2.53. The number of allylic oxidation sites excluding steroid dienone is 2. The second-order valence-corrected chi connectivity index (χ2v) is 9.49. The first kappa shape index (κ1) is 23.4. The fraction of sp³-hybridized carbons (Fsp3) is 0.880. The minimum absolute atomic E-state index is 0.368. The van der Waals surface area contributed by atoms with Gasteiger partial charge in [-0.15, -0.1) is 0 Å². The number of hydrogen-bond acceptors (Lipinski definition) is 1. The van der Waals surface area contributed by atoms with Gasteiger partial charge in [-0.25, -0.2) is 0 Å². The van der Waals surface area contributed by atoms with Crippen molar-refractivity contribution in [3.63, 3.8) is 0 Å². The van der Waals surface area contributed by atoms with E-state index >= 15 is 0 Å². The van der Waals surface area contributed by atoms with Gasteiger partial charge in [0, 0.05) is 6.42 Å². The molecule has 0 aromatic heterocycles. The summed E-state index contributed by atoms with van der Waals surface area (Å²) < 4.78 is 0. The van der Waals surface area contributed by atoms with E-state index in [1.165, 1.54) is 56.9 Å². The molecule has 0 N–H and O–H groups in total. The molecule has 26 heavy (non-hydrogen) atoms. The van der Waals surface area contributed by atoms with Crippen LogP contribution in [0.2, 0.25) is 0 Å². The Morgan fingerprint density at radius 2 is 1.69 bits per heavy atom. The van der Waals surface area contributed by atoms with Crippen LogP contribution in [0.3, 0.4) is 0 Å². The van der Waals surface area contributed by atoms with E-state index < -0.39 is 0 Å². The Balaban J connectivity index is 0.00000163. The molecule has 2 saturated carbocycles. The van der Waals surface area contributed by atoms with Crippen molar-refractivity contribution in [2.45, 2.75) is 113 Å². The fourth-order valence-corrected chi connectivity index (χ4v) is 5.63. The van der Waals surface area contributed by atoms with Crippen LogP contribution < -0.4 is 0 Å². The molecule has 2 aliphatic rings. The maximum absolute atomic E-state index is 11.6. The average molecular weight is 363 g/mol. The van der Waals surface area contributed by atoms with Gasteiger partial charge in [-0.05, 0) is 82.0 Å². The molecule has 2 aliphatic carbocycles. The van der Waals surface area contributed by atoms with Gasteiger partial charge in [0.15, 0.2) is 0 Å². The Morgan fingerprint density at radius 3 is 2.31 bits per heavy atom. The molecule has 1 heteroatoms. The fourth-order valence-electron chi connectivity index (χ4n) is 5.63. The first-order valence-corrected chi connectivity index (χ1v) is 11.5. The molecule has 0 spiro atoms. The van der Waals surface area contributed by atoms with Gasteiger partial charge in [0.25, 0.3) is 0 Å². The predicted molar refractivity (Wildman–Crippen MR) is 115 cm³/mol. The van der Waals surface area contributed by atoms with Gasteiger partial charge >= 0.3 is 0 Å². The molecule has 0 bridgehead atoms. The lowest BCUT2D eigenvalue weighted by Crippen LogP contribution is -2.44. The Kier molecular flexibility index (Phi) is 10.2. The van der Waals surface area contributed by atoms with Crippen LogP contribution in [0.5, 0.6) is 0 Å². The molecule has 0 aromatic rings. The quantitative estimate of drug-likeness (QED) is 0.453. The first-order valence-electron chi connectivity index (χ1n) is 11.5. The molecule has 2 fully saturated rings. The third kappa shape index (κ3) is 6.54. The molecule has 0 heterocycles. The summed E-state index contributed by atoms with van der Waals surface area (Å²) in [4.78, 5) is 11.6. The minimum atomic E-state index is 0.368. The number of carbonyl (C=O) groups excluding carboxylic acids is 1. The summed E-state index contributed by atoms with van der Waals surface area (Å²) >= 11 is 0. The Morgan fingerprint density at radius 1 is 1.00 bits per heavy atom. The molecule has 2 rings (SSSR count). The number of carbonyl (C=O) groups is 1. The van der Waals surface area contributed by atoms with Crippen molar-refractivity contribution in [3.8, 4) is 0 Å². The molecule has 5 atom stereocenters. The van der Waals surface area contributed by atoms with E-state index in [2.05, 4.69) is 33.8 Å². The maximum Gasteiger partial charge on any atom is 0.129 e. The van der Waals surface area contributed by atoms with Gasteiger partial charge in [0.1, 0.15) is 5.78 Å². The zero-order valence-electron chi connectivity index (χ0n) is 18.9. The van der Waals surface area contributed by atoms with E-state index in [1.807, 2.05) is 13.8 Å². The second kappa shape index (κ2) is 11.3. The first-order chi connectivity index (χ1) is 12.3. The normalized spacial score (nSPS) is 34.4. The largest absolute Gasteiger partial charge is 0.300 e. The minimum Gasteiger partial charge on any atom is -0.300 e. The zero-order chi connectivity index (χ0) is 19.7. The van der Waals surface area contributed by atoms with Gasteiger partial charge in [0.05, 0.1) is 0 Å².